The van der Waals surface area contributed by atoms with Gasteiger partial charge in [-0.3, -0.25) is 4.79 Å². The molecule has 0 aromatic heterocycles. The van der Waals surface area contributed by atoms with Crippen LogP contribution in [0.5, 0.6) is 0 Å². The quantitative estimate of drug-likeness (QED) is 0.842. The Morgan fingerprint density at radius 1 is 1.09 bits per heavy atom. The number of benzene rings is 2. The molecule has 0 radical (unpaired) electrons. The SMILES string of the molecule is CS(=O)(=O)c1ccccc1NC(=O)CNc1ccc(Cl)c(Cl)c1. The van der Waals surface area contributed by atoms with E-state index < -0.39 is 9.84 Å². The number of hydrogen-bond donors (Lipinski definition) is 2. The summed E-state index contributed by atoms with van der Waals surface area (Å²) in [5.41, 5.74) is 0.877. The highest BCUT2D eigenvalue weighted by Gasteiger charge is 2.14. The lowest BCUT2D eigenvalue weighted by Crippen LogP contribution is -2.22. The van der Waals surface area contributed by atoms with E-state index in [1.54, 1.807) is 30.3 Å². The third kappa shape index (κ3) is 4.86. The standard InChI is InChI=1S/C15H14Cl2N2O3S/c1-23(21,22)14-5-3-2-4-13(14)19-15(20)9-18-10-6-7-11(16)12(17)8-10/h2-8,18H,9H2,1H3,(H,19,20). The van der Waals surface area contributed by atoms with Crippen LogP contribution in [-0.4, -0.2) is 27.1 Å². The van der Waals surface area contributed by atoms with Gasteiger partial charge in [0.1, 0.15) is 0 Å². The first-order chi connectivity index (χ1) is 10.8. The van der Waals surface area contributed by atoms with E-state index in [0.29, 0.717) is 15.7 Å². The molecular weight excluding hydrogens is 359 g/mol. The fourth-order valence-corrected chi connectivity index (χ4v) is 3.02. The van der Waals surface area contributed by atoms with Gasteiger partial charge < -0.3 is 10.6 Å². The summed E-state index contributed by atoms with van der Waals surface area (Å²) in [6.45, 7) is -0.0456. The normalized spacial score (nSPS) is 11.1. The molecule has 2 aromatic carbocycles. The third-order valence-corrected chi connectivity index (χ3v) is 4.83. The van der Waals surface area contributed by atoms with Crippen molar-refractivity contribution >= 4 is 50.3 Å². The maximum atomic E-state index is 12.0. The molecule has 0 heterocycles. The molecule has 122 valence electrons. The Morgan fingerprint density at radius 3 is 2.43 bits per heavy atom. The summed E-state index contributed by atoms with van der Waals surface area (Å²) < 4.78 is 23.4. The molecule has 0 bridgehead atoms. The van der Waals surface area contributed by atoms with E-state index in [4.69, 9.17) is 23.2 Å². The van der Waals surface area contributed by atoms with Gasteiger partial charge >= 0.3 is 0 Å². The second-order valence-electron chi connectivity index (χ2n) is 4.80. The van der Waals surface area contributed by atoms with Crippen LogP contribution in [0.3, 0.4) is 0 Å². The second-order valence-corrected chi connectivity index (χ2v) is 7.60. The Morgan fingerprint density at radius 2 is 1.78 bits per heavy atom. The zero-order valence-electron chi connectivity index (χ0n) is 12.1. The summed E-state index contributed by atoms with van der Waals surface area (Å²) in [6.07, 6.45) is 1.09. The van der Waals surface area contributed by atoms with Gasteiger partial charge in [-0.1, -0.05) is 35.3 Å². The lowest BCUT2D eigenvalue weighted by molar-refractivity contribution is -0.114. The number of para-hydroxylation sites is 1. The van der Waals surface area contributed by atoms with E-state index in [1.165, 1.54) is 12.1 Å². The van der Waals surface area contributed by atoms with Crippen molar-refractivity contribution in [2.45, 2.75) is 4.90 Å². The summed E-state index contributed by atoms with van der Waals surface area (Å²) in [5.74, 6) is -0.382. The van der Waals surface area contributed by atoms with Crippen molar-refractivity contribution in [3.05, 3.63) is 52.5 Å². The van der Waals surface area contributed by atoms with Gasteiger partial charge in [0.25, 0.3) is 0 Å². The van der Waals surface area contributed by atoms with Gasteiger partial charge in [-0.25, -0.2) is 8.42 Å². The molecule has 2 aromatic rings. The minimum atomic E-state index is -3.42. The van der Waals surface area contributed by atoms with Crippen LogP contribution in [0.15, 0.2) is 47.4 Å². The third-order valence-electron chi connectivity index (χ3n) is 2.93. The molecule has 0 aliphatic rings. The van der Waals surface area contributed by atoms with E-state index >= 15 is 0 Å². The number of anilines is 2. The maximum Gasteiger partial charge on any atom is 0.243 e. The topological polar surface area (TPSA) is 75.3 Å². The van der Waals surface area contributed by atoms with Crippen molar-refractivity contribution in [1.82, 2.24) is 0 Å². The van der Waals surface area contributed by atoms with Crippen LogP contribution in [0.2, 0.25) is 10.0 Å². The fraction of sp³-hybridized carbons (Fsp3) is 0.133. The summed E-state index contributed by atoms with van der Waals surface area (Å²) >= 11 is 11.7. The molecule has 0 saturated carbocycles. The molecule has 0 unspecified atom stereocenters. The number of amides is 1. The largest absolute Gasteiger partial charge is 0.376 e. The van der Waals surface area contributed by atoms with E-state index in [0.717, 1.165) is 6.26 Å². The molecule has 2 rings (SSSR count). The predicted octanol–water partition coefficient (Wildman–Crippen LogP) is 3.45. The van der Waals surface area contributed by atoms with Crippen LogP contribution in [-0.2, 0) is 14.6 Å². The Bertz CT molecular complexity index is 838. The Labute approximate surface area is 144 Å². The minimum Gasteiger partial charge on any atom is -0.376 e. The van der Waals surface area contributed by atoms with Crippen molar-refractivity contribution in [2.75, 3.05) is 23.4 Å². The first-order valence-electron chi connectivity index (χ1n) is 6.55. The van der Waals surface area contributed by atoms with Gasteiger partial charge in [-0.05, 0) is 30.3 Å². The van der Waals surface area contributed by atoms with Crippen molar-refractivity contribution in [1.29, 1.82) is 0 Å². The Hall–Kier alpha value is -1.76. The predicted molar refractivity (Wildman–Crippen MR) is 93.1 cm³/mol. The smallest absolute Gasteiger partial charge is 0.243 e. The zero-order valence-corrected chi connectivity index (χ0v) is 14.5. The summed E-state index contributed by atoms with van der Waals surface area (Å²) in [5, 5.41) is 6.25. The van der Waals surface area contributed by atoms with Gasteiger partial charge in [0.15, 0.2) is 9.84 Å². The van der Waals surface area contributed by atoms with Gasteiger partial charge in [0.2, 0.25) is 5.91 Å². The summed E-state index contributed by atoms with van der Waals surface area (Å²) in [7, 11) is -3.42. The van der Waals surface area contributed by atoms with Gasteiger partial charge in [0.05, 0.1) is 27.2 Å². The Balaban J connectivity index is 2.04. The fourth-order valence-electron chi connectivity index (χ4n) is 1.88. The van der Waals surface area contributed by atoms with Crippen LogP contribution in [0.4, 0.5) is 11.4 Å². The highest BCUT2D eigenvalue weighted by molar-refractivity contribution is 7.90. The highest BCUT2D eigenvalue weighted by atomic mass is 35.5. The van der Waals surface area contributed by atoms with Crippen molar-refractivity contribution in [2.24, 2.45) is 0 Å². The maximum absolute atomic E-state index is 12.0. The first-order valence-corrected chi connectivity index (χ1v) is 9.20. The minimum absolute atomic E-state index is 0.0456. The average Bonchev–Trinajstić information content (AvgIpc) is 2.48. The molecule has 0 spiro atoms. The molecule has 5 nitrogen and oxygen atoms in total. The van der Waals surface area contributed by atoms with Gasteiger partial charge in [0, 0.05) is 11.9 Å². The molecule has 8 heteroatoms. The number of nitrogens with one attached hydrogen (secondary N) is 2. The van der Waals surface area contributed by atoms with E-state index in [9.17, 15) is 13.2 Å². The van der Waals surface area contributed by atoms with Crippen LogP contribution in [0.25, 0.3) is 0 Å². The second kappa shape index (κ2) is 7.21. The first kappa shape index (κ1) is 17.6. The van der Waals surface area contributed by atoms with Gasteiger partial charge in [-0.15, -0.1) is 0 Å². The molecule has 0 saturated heterocycles. The Kier molecular flexibility index (Phi) is 5.51. The summed E-state index contributed by atoms with van der Waals surface area (Å²) in [6, 6.07) is 11.1. The monoisotopic (exact) mass is 372 g/mol. The van der Waals surface area contributed by atoms with Crippen LogP contribution in [0, 0.1) is 0 Å². The van der Waals surface area contributed by atoms with Gasteiger partial charge in [-0.2, -0.15) is 0 Å². The highest BCUT2D eigenvalue weighted by Crippen LogP contribution is 2.25. The van der Waals surface area contributed by atoms with Crippen LogP contribution in [0.1, 0.15) is 0 Å². The number of rotatable bonds is 5. The molecule has 0 fully saturated rings. The molecular formula is C15H14Cl2N2O3S. The lowest BCUT2D eigenvalue weighted by atomic mass is 10.3. The lowest BCUT2D eigenvalue weighted by Gasteiger charge is -2.11. The molecule has 23 heavy (non-hydrogen) atoms. The van der Waals surface area contributed by atoms with E-state index in [1.807, 2.05) is 0 Å². The van der Waals surface area contributed by atoms with Crippen LogP contribution >= 0.6 is 23.2 Å². The number of carbonyl (C=O) groups excluding carboxylic acids is 1. The number of hydrogen-bond acceptors (Lipinski definition) is 4. The van der Waals surface area contributed by atoms with Crippen molar-refractivity contribution < 1.29 is 13.2 Å². The van der Waals surface area contributed by atoms with E-state index in [-0.39, 0.29) is 23.0 Å². The van der Waals surface area contributed by atoms with Crippen molar-refractivity contribution in [3.63, 3.8) is 0 Å². The number of sulfone groups is 1. The van der Waals surface area contributed by atoms with E-state index in [2.05, 4.69) is 10.6 Å². The molecule has 1 amide bonds. The summed E-state index contributed by atoms with van der Waals surface area (Å²) in [4.78, 5) is 12.1. The molecule has 2 N–H and O–H groups in total. The average molecular weight is 373 g/mol. The van der Waals surface area contributed by atoms with Crippen molar-refractivity contribution in [3.8, 4) is 0 Å². The number of carbonyl (C=O) groups is 1. The molecule has 0 atom stereocenters. The molecule has 0 aliphatic carbocycles. The molecule has 0 aliphatic heterocycles. The number of halogens is 2. The zero-order chi connectivity index (χ0) is 17.0. The van der Waals surface area contributed by atoms with Crippen LogP contribution < -0.4 is 10.6 Å².